The largest absolute Gasteiger partial charge is 0.497 e. The molecule has 0 aromatic heterocycles. The maximum atomic E-state index is 12.5. The number of morpholine rings is 1. The minimum absolute atomic E-state index is 0.186. The second-order valence-electron chi connectivity index (χ2n) is 5.42. The van der Waals surface area contributed by atoms with Crippen LogP contribution in [0.4, 0.5) is 11.4 Å². The number of halogens is 1. The Morgan fingerprint density at radius 2 is 1.88 bits per heavy atom. The molecule has 1 saturated heterocycles. The monoisotopic (exact) mass is 346 g/mol. The lowest BCUT2D eigenvalue weighted by molar-refractivity contribution is 0.102. The van der Waals surface area contributed by atoms with E-state index in [2.05, 4.69) is 10.2 Å². The average Bonchev–Trinajstić information content (AvgIpc) is 2.62. The van der Waals surface area contributed by atoms with Crippen molar-refractivity contribution < 1.29 is 14.3 Å². The lowest BCUT2D eigenvalue weighted by atomic mass is 10.1. The molecule has 0 bridgehead atoms. The first kappa shape index (κ1) is 16.6. The molecule has 1 amide bonds. The fourth-order valence-corrected chi connectivity index (χ4v) is 2.96. The van der Waals surface area contributed by atoms with Crippen LogP contribution in [0, 0.1) is 0 Å². The highest BCUT2D eigenvalue weighted by Crippen LogP contribution is 2.34. The summed E-state index contributed by atoms with van der Waals surface area (Å²) in [6.45, 7) is 2.79. The van der Waals surface area contributed by atoms with Crippen molar-refractivity contribution in [2.45, 2.75) is 0 Å². The van der Waals surface area contributed by atoms with E-state index in [1.165, 1.54) is 0 Å². The van der Waals surface area contributed by atoms with Crippen molar-refractivity contribution in [2.24, 2.45) is 0 Å². The van der Waals surface area contributed by atoms with Gasteiger partial charge >= 0.3 is 0 Å². The number of hydrogen-bond donors (Lipinski definition) is 1. The Kier molecular flexibility index (Phi) is 5.23. The van der Waals surface area contributed by atoms with Crippen LogP contribution in [0.5, 0.6) is 5.75 Å². The maximum absolute atomic E-state index is 12.5. The SMILES string of the molecule is COc1ccc(C(=O)Nc2cccc(Cl)c2N2CCOCC2)cc1. The fourth-order valence-electron chi connectivity index (χ4n) is 2.66. The van der Waals surface area contributed by atoms with Gasteiger partial charge in [-0.2, -0.15) is 0 Å². The maximum Gasteiger partial charge on any atom is 0.255 e. The molecule has 0 radical (unpaired) electrons. The lowest BCUT2D eigenvalue weighted by Crippen LogP contribution is -2.37. The third-order valence-corrected chi connectivity index (χ3v) is 4.22. The van der Waals surface area contributed by atoms with E-state index in [-0.39, 0.29) is 5.91 Å². The van der Waals surface area contributed by atoms with Crippen molar-refractivity contribution in [3.8, 4) is 5.75 Å². The summed E-state index contributed by atoms with van der Waals surface area (Å²) >= 11 is 6.38. The minimum atomic E-state index is -0.186. The van der Waals surface area contributed by atoms with Gasteiger partial charge in [0.25, 0.3) is 5.91 Å². The smallest absolute Gasteiger partial charge is 0.255 e. The molecule has 2 aromatic carbocycles. The molecule has 1 fully saturated rings. The van der Waals surface area contributed by atoms with Gasteiger partial charge in [-0.1, -0.05) is 17.7 Å². The number of nitrogens with one attached hydrogen (secondary N) is 1. The zero-order valence-electron chi connectivity index (χ0n) is 13.4. The van der Waals surface area contributed by atoms with E-state index >= 15 is 0 Å². The molecule has 126 valence electrons. The molecule has 5 nitrogen and oxygen atoms in total. The van der Waals surface area contributed by atoms with Crippen molar-refractivity contribution in [1.29, 1.82) is 0 Å². The molecular formula is C18H19ClN2O3. The molecule has 1 aliphatic heterocycles. The van der Waals surface area contributed by atoms with Crippen LogP contribution >= 0.6 is 11.6 Å². The molecule has 0 spiro atoms. The van der Waals surface area contributed by atoms with Crippen LogP contribution in [-0.2, 0) is 4.74 Å². The Hall–Kier alpha value is -2.24. The molecule has 3 rings (SSSR count). The van der Waals surface area contributed by atoms with Crippen LogP contribution in [-0.4, -0.2) is 39.3 Å². The van der Waals surface area contributed by atoms with Crippen LogP contribution in [0.2, 0.25) is 5.02 Å². The first-order chi connectivity index (χ1) is 11.7. The van der Waals surface area contributed by atoms with E-state index < -0.39 is 0 Å². The number of ether oxygens (including phenoxy) is 2. The van der Waals surface area contributed by atoms with E-state index in [0.29, 0.717) is 35.2 Å². The lowest BCUT2D eigenvalue weighted by Gasteiger charge is -2.31. The number of nitrogens with zero attached hydrogens (tertiary/aromatic N) is 1. The van der Waals surface area contributed by atoms with Gasteiger partial charge in [0.2, 0.25) is 0 Å². The van der Waals surface area contributed by atoms with Gasteiger partial charge in [-0.15, -0.1) is 0 Å². The van der Waals surface area contributed by atoms with Crippen molar-refractivity contribution in [3.05, 3.63) is 53.1 Å². The highest BCUT2D eigenvalue weighted by atomic mass is 35.5. The number of rotatable bonds is 4. The molecule has 2 aromatic rings. The summed E-state index contributed by atoms with van der Waals surface area (Å²) in [5.41, 5.74) is 2.10. The van der Waals surface area contributed by atoms with Gasteiger partial charge in [0.1, 0.15) is 5.75 Å². The summed E-state index contributed by atoms with van der Waals surface area (Å²) in [6.07, 6.45) is 0. The quantitative estimate of drug-likeness (QED) is 0.921. The average molecular weight is 347 g/mol. The van der Waals surface area contributed by atoms with E-state index in [1.54, 1.807) is 31.4 Å². The second kappa shape index (κ2) is 7.55. The topological polar surface area (TPSA) is 50.8 Å². The number of hydrogen-bond acceptors (Lipinski definition) is 4. The standard InChI is InChI=1S/C18H19ClN2O3/c1-23-14-7-5-13(6-8-14)18(22)20-16-4-2-3-15(19)17(16)21-9-11-24-12-10-21/h2-8H,9-12H2,1H3,(H,20,22). The first-order valence-corrected chi connectivity index (χ1v) is 8.13. The summed E-state index contributed by atoms with van der Waals surface area (Å²) in [5.74, 6) is 0.526. The summed E-state index contributed by atoms with van der Waals surface area (Å²) in [5, 5.41) is 3.57. The number of methoxy groups -OCH3 is 1. The van der Waals surface area contributed by atoms with Crippen LogP contribution in [0.15, 0.2) is 42.5 Å². The zero-order valence-corrected chi connectivity index (χ0v) is 14.2. The van der Waals surface area contributed by atoms with Gasteiger partial charge in [0, 0.05) is 18.7 Å². The van der Waals surface area contributed by atoms with Gasteiger partial charge in [-0.05, 0) is 36.4 Å². The summed E-state index contributed by atoms with van der Waals surface area (Å²) in [6, 6.07) is 12.5. The Labute approximate surface area is 146 Å². The molecule has 0 atom stereocenters. The van der Waals surface area contributed by atoms with Gasteiger partial charge in [0.15, 0.2) is 0 Å². The van der Waals surface area contributed by atoms with E-state index in [1.807, 2.05) is 18.2 Å². The Morgan fingerprint density at radius 3 is 2.54 bits per heavy atom. The predicted octanol–water partition coefficient (Wildman–Crippen LogP) is 3.44. The van der Waals surface area contributed by atoms with Crippen molar-refractivity contribution >= 4 is 28.9 Å². The molecule has 1 aliphatic rings. The highest BCUT2D eigenvalue weighted by molar-refractivity contribution is 6.34. The molecular weight excluding hydrogens is 328 g/mol. The minimum Gasteiger partial charge on any atom is -0.497 e. The zero-order chi connectivity index (χ0) is 16.9. The highest BCUT2D eigenvalue weighted by Gasteiger charge is 2.19. The van der Waals surface area contributed by atoms with E-state index in [0.717, 1.165) is 18.8 Å². The molecule has 6 heteroatoms. The number of benzene rings is 2. The molecule has 1 N–H and O–H groups in total. The second-order valence-corrected chi connectivity index (χ2v) is 5.83. The predicted molar refractivity (Wildman–Crippen MR) is 95.4 cm³/mol. The van der Waals surface area contributed by atoms with Crippen molar-refractivity contribution in [1.82, 2.24) is 0 Å². The Balaban J connectivity index is 1.83. The number of para-hydroxylation sites is 1. The number of carbonyl (C=O) groups excluding carboxylic acids is 1. The van der Waals surface area contributed by atoms with Gasteiger partial charge in [-0.25, -0.2) is 0 Å². The number of amides is 1. The third-order valence-electron chi connectivity index (χ3n) is 3.91. The van der Waals surface area contributed by atoms with Crippen molar-refractivity contribution in [3.63, 3.8) is 0 Å². The molecule has 0 unspecified atom stereocenters. The third kappa shape index (κ3) is 3.63. The fraction of sp³-hybridized carbons (Fsp3) is 0.278. The molecule has 1 heterocycles. The number of carbonyl (C=O) groups is 1. The van der Waals surface area contributed by atoms with Gasteiger partial charge in [0.05, 0.1) is 36.7 Å². The van der Waals surface area contributed by atoms with Crippen LogP contribution < -0.4 is 15.0 Å². The van der Waals surface area contributed by atoms with Gasteiger partial charge < -0.3 is 19.7 Å². The first-order valence-electron chi connectivity index (χ1n) is 7.75. The van der Waals surface area contributed by atoms with Crippen LogP contribution in [0.25, 0.3) is 0 Å². The van der Waals surface area contributed by atoms with E-state index in [4.69, 9.17) is 21.1 Å². The Morgan fingerprint density at radius 1 is 1.17 bits per heavy atom. The molecule has 24 heavy (non-hydrogen) atoms. The van der Waals surface area contributed by atoms with Crippen LogP contribution in [0.3, 0.4) is 0 Å². The molecule has 0 aliphatic carbocycles. The summed E-state index contributed by atoms with van der Waals surface area (Å²) in [4.78, 5) is 14.7. The Bertz CT molecular complexity index is 713. The van der Waals surface area contributed by atoms with Crippen molar-refractivity contribution in [2.75, 3.05) is 43.6 Å². The number of anilines is 2. The summed E-state index contributed by atoms with van der Waals surface area (Å²) in [7, 11) is 1.59. The summed E-state index contributed by atoms with van der Waals surface area (Å²) < 4.78 is 10.5. The normalized spacial score (nSPS) is 14.3. The molecule has 0 saturated carbocycles. The van der Waals surface area contributed by atoms with Gasteiger partial charge in [-0.3, -0.25) is 4.79 Å². The van der Waals surface area contributed by atoms with Crippen LogP contribution in [0.1, 0.15) is 10.4 Å². The van der Waals surface area contributed by atoms with E-state index in [9.17, 15) is 4.79 Å².